The largest absolute Gasteiger partial charge is 0.378 e. The van der Waals surface area contributed by atoms with E-state index in [1.807, 2.05) is 6.92 Å². The molecule has 1 aromatic carbocycles. The molecular formula is C17H26FN3O3. The van der Waals surface area contributed by atoms with Crippen LogP contribution in [0.1, 0.15) is 51.5 Å². The molecule has 1 fully saturated rings. The van der Waals surface area contributed by atoms with Crippen molar-refractivity contribution in [1.82, 2.24) is 0 Å². The Balaban J connectivity index is 2.21. The third kappa shape index (κ3) is 3.84. The zero-order valence-electron chi connectivity index (χ0n) is 14.5. The van der Waals surface area contributed by atoms with Crippen molar-refractivity contribution in [2.45, 2.75) is 64.5 Å². The van der Waals surface area contributed by atoms with Crippen molar-refractivity contribution in [3.8, 4) is 0 Å². The lowest BCUT2D eigenvalue weighted by Gasteiger charge is -2.44. The third-order valence-electron chi connectivity index (χ3n) is 4.86. The average molecular weight is 339 g/mol. The van der Waals surface area contributed by atoms with Gasteiger partial charge in [-0.05, 0) is 57.6 Å². The Morgan fingerprint density at radius 1 is 1.46 bits per heavy atom. The van der Waals surface area contributed by atoms with E-state index in [9.17, 15) is 14.5 Å². The highest BCUT2D eigenvalue weighted by Gasteiger charge is 2.38. The van der Waals surface area contributed by atoms with Crippen LogP contribution < -0.4 is 10.9 Å². The number of nitrogens with two attached hydrogens (primary N) is 1. The van der Waals surface area contributed by atoms with E-state index in [2.05, 4.69) is 6.92 Å². The summed E-state index contributed by atoms with van der Waals surface area (Å²) in [6.45, 7) is 6.39. The van der Waals surface area contributed by atoms with Crippen LogP contribution >= 0.6 is 0 Å². The van der Waals surface area contributed by atoms with E-state index in [1.165, 1.54) is 11.1 Å². The fourth-order valence-electron chi connectivity index (χ4n) is 3.19. The number of benzene rings is 1. The molecule has 1 aliphatic carbocycles. The minimum atomic E-state index is -0.597. The zero-order chi connectivity index (χ0) is 17.9. The summed E-state index contributed by atoms with van der Waals surface area (Å²) < 4.78 is 19.5. The Morgan fingerprint density at radius 3 is 2.62 bits per heavy atom. The number of nitro groups is 1. The van der Waals surface area contributed by atoms with Crippen LogP contribution in [0.15, 0.2) is 12.1 Å². The maximum atomic E-state index is 13.7. The van der Waals surface area contributed by atoms with Gasteiger partial charge < -0.3 is 4.74 Å². The van der Waals surface area contributed by atoms with E-state index in [1.54, 1.807) is 6.92 Å². The summed E-state index contributed by atoms with van der Waals surface area (Å²) in [4.78, 5) is 10.7. The first kappa shape index (κ1) is 18.6. The monoisotopic (exact) mass is 339 g/mol. The number of nitro benzene ring substituents is 1. The van der Waals surface area contributed by atoms with Gasteiger partial charge in [-0.15, -0.1) is 0 Å². The molecule has 0 saturated heterocycles. The van der Waals surface area contributed by atoms with Gasteiger partial charge in [-0.1, -0.05) is 6.92 Å². The van der Waals surface area contributed by atoms with Crippen LogP contribution in [0, 0.1) is 22.9 Å². The Kier molecular flexibility index (Phi) is 5.77. The van der Waals surface area contributed by atoms with Gasteiger partial charge in [-0.3, -0.25) is 15.1 Å². The first-order chi connectivity index (χ1) is 11.3. The standard InChI is InChI=1S/C17H26FN3O3/c1-4-9-24-13-5-7-17(3,8-6-13)20(19)15-10-12(2)14(18)11-16(15)21(22)23/h10-11,13H,4-9,19H2,1-3H3. The topological polar surface area (TPSA) is 81.6 Å². The molecule has 1 aromatic rings. The van der Waals surface area contributed by atoms with Gasteiger partial charge in [0.05, 0.1) is 22.6 Å². The molecule has 2 N–H and O–H groups in total. The maximum absolute atomic E-state index is 13.7. The highest BCUT2D eigenvalue weighted by molar-refractivity contribution is 5.65. The number of halogens is 1. The second-order valence-electron chi connectivity index (χ2n) is 6.78. The van der Waals surface area contributed by atoms with Gasteiger partial charge in [0, 0.05) is 6.61 Å². The van der Waals surface area contributed by atoms with Crippen molar-refractivity contribution < 1.29 is 14.1 Å². The van der Waals surface area contributed by atoms with Gasteiger partial charge in [0.15, 0.2) is 0 Å². The van der Waals surface area contributed by atoms with Gasteiger partial charge >= 0.3 is 0 Å². The lowest BCUT2D eigenvalue weighted by molar-refractivity contribution is -0.384. The van der Waals surface area contributed by atoms with Crippen LogP contribution in [0.4, 0.5) is 15.8 Å². The Hall–Kier alpha value is -1.73. The second-order valence-corrected chi connectivity index (χ2v) is 6.78. The molecule has 0 aliphatic heterocycles. The molecule has 0 unspecified atom stereocenters. The quantitative estimate of drug-likeness (QED) is 0.483. The summed E-state index contributed by atoms with van der Waals surface area (Å²) in [7, 11) is 0. The highest BCUT2D eigenvalue weighted by atomic mass is 19.1. The van der Waals surface area contributed by atoms with Gasteiger partial charge in [0.1, 0.15) is 11.5 Å². The molecule has 24 heavy (non-hydrogen) atoms. The van der Waals surface area contributed by atoms with Crippen LogP contribution in [0.2, 0.25) is 0 Å². The molecule has 0 atom stereocenters. The van der Waals surface area contributed by atoms with Crippen molar-refractivity contribution in [2.24, 2.45) is 5.84 Å². The first-order valence-corrected chi connectivity index (χ1v) is 8.39. The van der Waals surface area contributed by atoms with Crippen molar-refractivity contribution in [3.63, 3.8) is 0 Å². The summed E-state index contributed by atoms with van der Waals surface area (Å²) >= 11 is 0. The normalized spacial score (nSPS) is 24.0. The van der Waals surface area contributed by atoms with E-state index in [0.717, 1.165) is 44.8 Å². The molecule has 0 amide bonds. The maximum Gasteiger partial charge on any atom is 0.296 e. The highest BCUT2D eigenvalue weighted by Crippen LogP contribution is 2.39. The van der Waals surface area contributed by atoms with E-state index < -0.39 is 16.3 Å². The summed E-state index contributed by atoms with van der Waals surface area (Å²) in [5.41, 5.74) is -0.115. The van der Waals surface area contributed by atoms with Crippen LogP contribution in [-0.4, -0.2) is 23.2 Å². The molecule has 134 valence electrons. The second kappa shape index (κ2) is 7.44. The minimum absolute atomic E-state index is 0.219. The molecule has 1 saturated carbocycles. The Bertz CT molecular complexity index is 601. The molecule has 0 spiro atoms. The van der Waals surface area contributed by atoms with Crippen LogP contribution in [0.3, 0.4) is 0 Å². The van der Waals surface area contributed by atoms with Crippen molar-refractivity contribution >= 4 is 11.4 Å². The predicted molar refractivity (Wildman–Crippen MR) is 91.4 cm³/mol. The zero-order valence-corrected chi connectivity index (χ0v) is 14.5. The molecule has 2 rings (SSSR count). The Morgan fingerprint density at radius 2 is 2.08 bits per heavy atom. The molecule has 0 radical (unpaired) electrons. The summed E-state index contributed by atoms with van der Waals surface area (Å²) in [6.07, 6.45) is 4.46. The van der Waals surface area contributed by atoms with Crippen molar-refractivity contribution in [2.75, 3.05) is 11.6 Å². The van der Waals surface area contributed by atoms with Gasteiger partial charge in [0.25, 0.3) is 5.69 Å². The molecule has 1 aliphatic rings. The van der Waals surface area contributed by atoms with E-state index >= 15 is 0 Å². The van der Waals surface area contributed by atoms with Crippen molar-refractivity contribution in [1.29, 1.82) is 0 Å². The fraction of sp³-hybridized carbons (Fsp3) is 0.647. The smallest absolute Gasteiger partial charge is 0.296 e. The number of anilines is 1. The minimum Gasteiger partial charge on any atom is -0.378 e. The SMILES string of the molecule is CCCOC1CCC(C)(N(N)c2cc(C)c(F)cc2[N+](=O)[O-])CC1. The number of aryl methyl sites for hydroxylation is 1. The summed E-state index contributed by atoms with van der Waals surface area (Å²) in [5.74, 6) is 5.68. The fourth-order valence-corrected chi connectivity index (χ4v) is 3.19. The number of hydrogen-bond donors (Lipinski definition) is 1. The van der Waals surface area contributed by atoms with Gasteiger partial charge in [-0.2, -0.15) is 0 Å². The molecule has 0 bridgehead atoms. The number of hydrazine groups is 1. The first-order valence-electron chi connectivity index (χ1n) is 8.39. The van der Waals surface area contributed by atoms with Gasteiger partial charge in [-0.25, -0.2) is 10.2 Å². The summed E-state index contributed by atoms with van der Waals surface area (Å²) in [5, 5.41) is 12.7. The molecule has 7 heteroatoms. The van der Waals surface area contributed by atoms with E-state index in [4.69, 9.17) is 10.6 Å². The van der Waals surface area contributed by atoms with Crippen LogP contribution in [0.5, 0.6) is 0 Å². The Labute approximate surface area is 141 Å². The molecule has 0 aromatic heterocycles. The molecular weight excluding hydrogens is 313 g/mol. The van der Waals surface area contributed by atoms with Crippen LogP contribution in [-0.2, 0) is 4.74 Å². The number of hydrogen-bond acceptors (Lipinski definition) is 5. The number of ether oxygens (including phenoxy) is 1. The van der Waals surface area contributed by atoms with Gasteiger partial charge in [0.2, 0.25) is 0 Å². The average Bonchev–Trinajstić information content (AvgIpc) is 2.55. The van der Waals surface area contributed by atoms with E-state index in [-0.39, 0.29) is 17.5 Å². The molecule has 6 nitrogen and oxygen atoms in total. The van der Waals surface area contributed by atoms with Crippen LogP contribution in [0.25, 0.3) is 0 Å². The number of nitrogens with zero attached hydrogens (tertiary/aromatic N) is 2. The third-order valence-corrected chi connectivity index (χ3v) is 4.86. The van der Waals surface area contributed by atoms with E-state index in [0.29, 0.717) is 5.56 Å². The lowest BCUT2D eigenvalue weighted by Crippen LogP contribution is -2.54. The lowest BCUT2D eigenvalue weighted by atomic mass is 9.81. The predicted octanol–water partition coefficient (Wildman–Crippen LogP) is 3.85. The summed E-state index contributed by atoms with van der Waals surface area (Å²) in [6, 6.07) is 2.41. The van der Waals surface area contributed by atoms with Crippen molar-refractivity contribution in [3.05, 3.63) is 33.6 Å². The molecule has 0 heterocycles. The number of rotatable bonds is 6.